The monoisotopic (exact) mass is 265 g/mol. The van der Waals surface area contributed by atoms with Gasteiger partial charge in [-0.05, 0) is 18.1 Å². The molecule has 1 aromatic carbocycles. The third-order valence-electron chi connectivity index (χ3n) is 3.02. The van der Waals surface area contributed by atoms with Crippen LogP contribution < -0.4 is 5.73 Å². The van der Waals surface area contributed by atoms with Crippen LogP contribution in [0.15, 0.2) is 28.8 Å². The van der Waals surface area contributed by atoms with Crippen molar-refractivity contribution in [2.24, 2.45) is 5.73 Å². The molecule has 0 aliphatic carbocycles. The molecule has 2 atom stereocenters. The maximum absolute atomic E-state index is 6.10. The molecule has 2 rings (SSSR count). The first-order chi connectivity index (χ1) is 8.63. The summed E-state index contributed by atoms with van der Waals surface area (Å²) in [5.74, 6) is 1.36. The molecular formula is C13H16ClN3O. The molecular weight excluding hydrogens is 250 g/mol. The summed E-state index contributed by atoms with van der Waals surface area (Å²) in [6.07, 6.45) is 0.959. The average Bonchev–Trinajstić information content (AvgIpc) is 2.87. The second-order valence-corrected chi connectivity index (χ2v) is 4.71. The number of halogens is 1. The van der Waals surface area contributed by atoms with E-state index in [9.17, 15) is 0 Å². The first-order valence-corrected chi connectivity index (χ1v) is 6.34. The Morgan fingerprint density at radius 1 is 1.39 bits per heavy atom. The lowest BCUT2D eigenvalue weighted by Crippen LogP contribution is -2.13. The van der Waals surface area contributed by atoms with Gasteiger partial charge in [0.25, 0.3) is 0 Å². The zero-order valence-corrected chi connectivity index (χ0v) is 11.2. The Morgan fingerprint density at radius 2 is 2.11 bits per heavy atom. The Kier molecular flexibility index (Phi) is 3.99. The van der Waals surface area contributed by atoms with Crippen molar-refractivity contribution in [3.63, 3.8) is 0 Å². The first kappa shape index (κ1) is 13.1. The molecule has 1 heterocycles. The molecule has 0 radical (unpaired) electrons. The summed E-state index contributed by atoms with van der Waals surface area (Å²) in [6.45, 7) is 4.13. The molecule has 4 nitrogen and oxygen atoms in total. The second kappa shape index (κ2) is 5.50. The first-order valence-electron chi connectivity index (χ1n) is 5.97. The summed E-state index contributed by atoms with van der Waals surface area (Å²) in [4.78, 5) is 4.34. The maximum atomic E-state index is 6.10. The zero-order chi connectivity index (χ0) is 13.1. The number of nitrogens with two attached hydrogens (primary N) is 1. The van der Waals surface area contributed by atoms with Gasteiger partial charge in [-0.3, -0.25) is 0 Å². The van der Waals surface area contributed by atoms with Gasteiger partial charge in [-0.1, -0.05) is 48.8 Å². The van der Waals surface area contributed by atoms with Gasteiger partial charge in [0.2, 0.25) is 5.89 Å². The molecule has 0 bridgehead atoms. The standard InChI is InChI=1S/C13H16ClN3O/c1-3-8(2)12-16-13(18-17-12)11(15)9-6-4-5-7-10(9)14/h4-8,11H,3,15H2,1-2H3/t8?,11-/m1/s1. The van der Waals surface area contributed by atoms with Gasteiger partial charge < -0.3 is 10.3 Å². The summed E-state index contributed by atoms with van der Waals surface area (Å²) < 4.78 is 5.21. The molecule has 5 heteroatoms. The van der Waals surface area contributed by atoms with Crippen LogP contribution in [0.3, 0.4) is 0 Å². The predicted octanol–water partition coefficient (Wildman–Crippen LogP) is 3.28. The molecule has 0 saturated carbocycles. The molecule has 1 aromatic heterocycles. The van der Waals surface area contributed by atoms with Crippen molar-refractivity contribution in [2.75, 3.05) is 0 Å². The van der Waals surface area contributed by atoms with Crippen LogP contribution in [0.1, 0.15) is 49.5 Å². The van der Waals surface area contributed by atoms with Crippen LogP contribution in [0.4, 0.5) is 0 Å². The van der Waals surface area contributed by atoms with Crippen LogP contribution >= 0.6 is 11.6 Å². The lowest BCUT2D eigenvalue weighted by Gasteiger charge is -2.08. The van der Waals surface area contributed by atoms with Gasteiger partial charge in [0.15, 0.2) is 5.82 Å². The Bertz CT molecular complexity index is 526. The topological polar surface area (TPSA) is 64.9 Å². The molecule has 0 saturated heterocycles. The third kappa shape index (κ3) is 2.54. The zero-order valence-electron chi connectivity index (χ0n) is 10.4. The quantitative estimate of drug-likeness (QED) is 0.921. The highest BCUT2D eigenvalue weighted by molar-refractivity contribution is 6.31. The number of aromatic nitrogens is 2. The average molecular weight is 266 g/mol. The van der Waals surface area contributed by atoms with E-state index in [-0.39, 0.29) is 5.92 Å². The highest BCUT2D eigenvalue weighted by Crippen LogP contribution is 2.26. The molecule has 0 fully saturated rings. The van der Waals surface area contributed by atoms with Crippen molar-refractivity contribution >= 4 is 11.6 Å². The van der Waals surface area contributed by atoms with E-state index in [1.165, 1.54) is 0 Å². The third-order valence-corrected chi connectivity index (χ3v) is 3.36. The fourth-order valence-electron chi connectivity index (χ4n) is 1.62. The van der Waals surface area contributed by atoms with Gasteiger partial charge in [0.1, 0.15) is 6.04 Å². The van der Waals surface area contributed by atoms with E-state index in [4.69, 9.17) is 21.9 Å². The van der Waals surface area contributed by atoms with Gasteiger partial charge in [0.05, 0.1) is 0 Å². The maximum Gasteiger partial charge on any atom is 0.248 e. The highest BCUT2D eigenvalue weighted by atomic mass is 35.5. The van der Waals surface area contributed by atoms with Gasteiger partial charge >= 0.3 is 0 Å². The highest BCUT2D eigenvalue weighted by Gasteiger charge is 2.20. The molecule has 96 valence electrons. The molecule has 0 aliphatic rings. The molecule has 2 N–H and O–H groups in total. The molecule has 0 spiro atoms. The minimum absolute atomic E-state index is 0.265. The summed E-state index contributed by atoms with van der Waals surface area (Å²) in [5, 5.41) is 4.56. The van der Waals surface area contributed by atoms with Crippen molar-refractivity contribution in [3.05, 3.63) is 46.6 Å². The van der Waals surface area contributed by atoms with Crippen molar-refractivity contribution in [2.45, 2.75) is 32.2 Å². The van der Waals surface area contributed by atoms with Crippen molar-refractivity contribution in [1.29, 1.82) is 0 Å². The summed E-state index contributed by atoms with van der Waals surface area (Å²) in [7, 11) is 0. The summed E-state index contributed by atoms with van der Waals surface area (Å²) in [6, 6.07) is 6.91. The van der Waals surface area contributed by atoms with Gasteiger partial charge in [-0.15, -0.1) is 0 Å². The minimum atomic E-state index is -0.482. The summed E-state index contributed by atoms with van der Waals surface area (Å²) >= 11 is 6.10. The fraction of sp³-hybridized carbons (Fsp3) is 0.385. The van der Waals surface area contributed by atoms with E-state index in [1.54, 1.807) is 6.07 Å². The van der Waals surface area contributed by atoms with E-state index in [2.05, 4.69) is 24.0 Å². The molecule has 2 aromatic rings. The molecule has 0 aliphatic heterocycles. The van der Waals surface area contributed by atoms with Gasteiger partial charge in [-0.2, -0.15) is 4.98 Å². The van der Waals surface area contributed by atoms with Gasteiger partial charge in [0, 0.05) is 10.9 Å². The molecule has 1 unspecified atom stereocenters. The second-order valence-electron chi connectivity index (χ2n) is 4.30. The lowest BCUT2D eigenvalue weighted by atomic mass is 10.1. The van der Waals surface area contributed by atoms with E-state index >= 15 is 0 Å². The Morgan fingerprint density at radius 3 is 2.78 bits per heavy atom. The van der Waals surface area contributed by atoms with Gasteiger partial charge in [-0.25, -0.2) is 0 Å². The van der Waals surface area contributed by atoms with E-state index in [0.717, 1.165) is 12.0 Å². The molecule has 18 heavy (non-hydrogen) atoms. The van der Waals surface area contributed by atoms with Crippen LogP contribution in [0.2, 0.25) is 5.02 Å². The van der Waals surface area contributed by atoms with Crippen molar-refractivity contribution < 1.29 is 4.52 Å². The smallest absolute Gasteiger partial charge is 0.248 e. The normalized spacial score (nSPS) is 14.4. The number of benzene rings is 1. The number of rotatable bonds is 4. The van der Waals surface area contributed by atoms with E-state index < -0.39 is 6.04 Å². The van der Waals surface area contributed by atoms with Crippen LogP contribution in [0, 0.1) is 0 Å². The van der Waals surface area contributed by atoms with Crippen LogP contribution in [-0.4, -0.2) is 10.1 Å². The summed E-state index contributed by atoms with van der Waals surface area (Å²) in [5.41, 5.74) is 6.88. The Hall–Kier alpha value is -1.39. The fourth-order valence-corrected chi connectivity index (χ4v) is 1.87. The number of hydrogen-bond donors (Lipinski definition) is 1. The number of hydrogen-bond acceptors (Lipinski definition) is 4. The van der Waals surface area contributed by atoms with E-state index in [1.807, 2.05) is 18.2 Å². The van der Waals surface area contributed by atoms with Crippen LogP contribution in [-0.2, 0) is 0 Å². The SMILES string of the molecule is CCC(C)c1noc([C@H](N)c2ccccc2Cl)n1. The van der Waals surface area contributed by atoms with Crippen molar-refractivity contribution in [1.82, 2.24) is 10.1 Å². The Balaban J connectivity index is 2.27. The Labute approximate surface area is 111 Å². The molecule has 0 amide bonds. The minimum Gasteiger partial charge on any atom is -0.337 e. The lowest BCUT2D eigenvalue weighted by molar-refractivity contribution is 0.360. The van der Waals surface area contributed by atoms with Crippen LogP contribution in [0.5, 0.6) is 0 Å². The largest absolute Gasteiger partial charge is 0.337 e. The van der Waals surface area contributed by atoms with Crippen LogP contribution in [0.25, 0.3) is 0 Å². The predicted molar refractivity (Wildman–Crippen MR) is 70.5 cm³/mol. The van der Waals surface area contributed by atoms with E-state index in [0.29, 0.717) is 16.7 Å². The van der Waals surface area contributed by atoms with Crippen molar-refractivity contribution in [3.8, 4) is 0 Å². The number of nitrogens with zero attached hydrogens (tertiary/aromatic N) is 2.